The number of rotatable bonds is 4. The van der Waals surface area contributed by atoms with Crippen molar-refractivity contribution >= 4 is 11.6 Å². The molecule has 0 radical (unpaired) electrons. The van der Waals surface area contributed by atoms with Crippen LogP contribution in [0.3, 0.4) is 0 Å². The van der Waals surface area contributed by atoms with Crippen LogP contribution >= 0.6 is 11.6 Å². The van der Waals surface area contributed by atoms with E-state index in [1.54, 1.807) is 0 Å². The largest absolute Gasteiger partial charge is 0.460 e. The highest BCUT2D eigenvalue weighted by Gasteiger charge is 2.36. The maximum atomic E-state index is 10.4. The lowest BCUT2D eigenvalue weighted by Gasteiger charge is -2.33. The predicted octanol–water partition coefficient (Wildman–Crippen LogP) is 2.48. The Morgan fingerprint density at radius 2 is 1.96 bits per heavy atom. The summed E-state index contributed by atoms with van der Waals surface area (Å²) < 4.78 is 11.4. The number of hydrogen-bond donors (Lipinski definition) is 1. The number of aliphatic hydroxyl groups is 1. The Morgan fingerprint density at radius 3 is 2.76 bits per heavy atom. The Morgan fingerprint density at radius 1 is 1.12 bits per heavy atom. The maximum absolute atomic E-state index is 10.4. The molecule has 1 N–H and O–H groups in total. The summed E-state index contributed by atoms with van der Waals surface area (Å²) in [5.41, 5.74) is 0.978. The fourth-order valence-electron chi connectivity index (χ4n) is 3.72. The molecule has 6 heteroatoms. The molecule has 2 saturated heterocycles. The molecule has 2 aliphatic heterocycles. The van der Waals surface area contributed by atoms with Gasteiger partial charge < -0.3 is 14.3 Å². The second-order valence-electron chi connectivity index (χ2n) is 6.75. The van der Waals surface area contributed by atoms with Crippen LogP contribution < -0.4 is 0 Å². The van der Waals surface area contributed by atoms with Gasteiger partial charge in [0.2, 0.25) is 0 Å². The summed E-state index contributed by atoms with van der Waals surface area (Å²) >= 11 is 6.05. The lowest BCUT2D eigenvalue weighted by Crippen LogP contribution is -2.48. The van der Waals surface area contributed by atoms with E-state index in [4.69, 9.17) is 20.8 Å². The molecular formula is C19H23ClN2O3. The van der Waals surface area contributed by atoms with Gasteiger partial charge in [-0.15, -0.1) is 0 Å². The zero-order chi connectivity index (χ0) is 17.2. The summed E-state index contributed by atoms with van der Waals surface area (Å²) in [5.74, 6) is 1.73. The molecular weight excluding hydrogens is 340 g/mol. The van der Waals surface area contributed by atoms with Gasteiger partial charge in [0.05, 0.1) is 25.9 Å². The first-order valence-electron chi connectivity index (χ1n) is 8.76. The van der Waals surface area contributed by atoms with E-state index in [2.05, 4.69) is 9.80 Å². The Balaban J connectivity index is 1.39. The number of benzene rings is 1. The third kappa shape index (κ3) is 3.91. The standard InChI is InChI=1S/C19H23ClN2O3/c20-15-3-1-2-14(10-15)19-5-4-16(25-19)11-21-12-17(18(23)13-21)22-6-8-24-9-7-22/h1-5,10,17-18,23H,6-9,11-13H2/t17-,18-/m1/s1. The van der Waals surface area contributed by atoms with Gasteiger partial charge >= 0.3 is 0 Å². The van der Waals surface area contributed by atoms with Crippen molar-refractivity contribution in [2.75, 3.05) is 39.4 Å². The van der Waals surface area contributed by atoms with Crippen LogP contribution in [0.25, 0.3) is 11.3 Å². The van der Waals surface area contributed by atoms with E-state index < -0.39 is 0 Å². The first kappa shape index (κ1) is 17.1. The number of furan rings is 1. The summed E-state index contributed by atoms with van der Waals surface area (Å²) in [5, 5.41) is 11.1. The number of nitrogens with zero attached hydrogens (tertiary/aromatic N) is 2. The molecule has 2 fully saturated rings. The van der Waals surface area contributed by atoms with Crippen LogP contribution in [0, 0.1) is 0 Å². The molecule has 25 heavy (non-hydrogen) atoms. The number of morpholine rings is 1. The molecule has 0 spiro atoms. The lowest BCUT2D eigenvalue weighted by atomic mass is 10.2. The Hall–Kier alpha value is -1.37. The molecule has 2 atom stereocenters. The first-order chi connectivity index (χ1) is 12.2. The van der Waals surface area contributed by atoms with Gasteiger partial charge in [-0.2, -0.15) is 0 Å². The van der Waals surface area contributed by atoms with Crippen LogP contribution in [0.1, 0.15) is 5.76 Å². The summed E-state index contributed by atoms with van der Waals surface area (Å²) in [6, 6.07) is 11.8. The minimum absolute atomic E-state index is 0.186. The number of β-amino-alcohol motifs (C(OH)–C–C–N with tert-alkyl or cyclic N) is 1. The second-order valence-corrected chi connectivity index (χ2v) is 7.19. The van der Waals surface area contributed by atoms with Gasteiger partial charge in [0.15, 0.2) is 0 Å². The van der Waals surface area contributed by atoms with Crippen molar-refractivity contribution in [1.29, 1.82) is 0 Å². The van der Waals surface area contributed by atoms with Crippen molar-refractivity contribution in [3.8, 4) is 11.3 Å². The highest BCUT2D eigenvalue weighted by molar-refractivity contribution is 6.30. The van der Waals surface area contributed by atoms with Crippen molar-refractivity contribution in [3.63, 3.8) is 0 Å². The molecule has 0 saturated carbocycles. The Bertz CT molecular complexity index is 714. The first-order valence-corrected chi connectivity index (χ1v) is 9.14. The third-order valence-corrected chi connectivity index (χ3v) is 5.23. The van der Waals surface area contributed by atoms with Crippen molar-refractivity contribution in [3.05, 3.63) is 47.2 Å². The predicted molar refractivity (Wildman–Crippen MR) is 96.6 cm³/mol. The molecule has 4 rings (SSSR count). The highest BCUT2D eigenvalue weighted by Crippen LogP contribution is 2.26. The van der Waals surface area contributed by atoms with E-state index in [0.29, 0.717) is 18.1 Å². The van der Waals surface area contributed by atoms with Gasteiger partial charge in [-0.25, -0.2) is 0 Å². The van der Waals surface area contributed by atoms with Gasteiger partial charge in [0.25, 0.3) is 0 Å². The van der Waals surface area contributed by atoms with E-state index in [1.165, 1.54) is 0 Å². The smallest absolute Gasteiger partial charge is 0.134 e. The fourth-order valence-corrected chi connectivity index (χ4v) is 3.91. The van der Waals surface area contributed by atoms with Gasteiger partial charge in [-0.3, -0.25) is 9.80 Å². The van der Waals surface area contributed by atoms with Crippen LogP contribution in [-0.4, -0.2) is 66.4 Å². The Kier molecular flexibility index (Phi) is 5.10. The van der Waals surface area contributed by atoms with Crippen molar-refractivity contribution in [2.24, 2.45) is 0 Å². The van der Waals surface area contributed by atoms with E-state index >= 15 is 0 Å². The number of ether oxygens (including phenoxy) is 1. The molecule has 1 aromatic carbocycles. The zero-order valence-corrected chi connectivity index (χ0v) is 14.9. The molecule has 0 unspecified atom stereocenters. The second kappa shape index (κ2) is 7.48. The van der Waals surface area contributed by atoms with E-state index in [1.807, 2.05) is 36.4 Å². The third-order valence-electron chi connectivity index (χ3n) is 5.00. The van der Waals surface area contributed by atoms with E-state index in [-0.39, 0.29) is 12.1 Å². The minimum atomic E-state index is -0.319. The van der Waals surface area contributed by atoms with Gasteiger partial charge in [-0.05, 0) is 24.3 Å². The molecule has 134 valence electrons. The number of hydrogen-bond acceptors (Lipinski definition) is 5. The van der Waals surface area contributed by atoms with E-state index in [0.717, 1.165) is 49.9 Å². The highest BCUT2D eigenvalue weighted by atomic mass is 35.5. The van der Waals surface area contributed by atoms with Crippen LogP contribution in [0.2, 0.25) is 5.02 Å². The molecule has 0 amide bonds. The SMILES string of the molecule is O[C@@H]1CN(Cc2ccc(-c3cccc(Cl)c3)o2)C[C@H]1N1CCOCC1. The number of likely N-dealkylation sites (tertiary alicyclic amines) is 1. The maximum Gasteiger partial charge on any atom is 0.134 e. The quantitative estimate of drug-likeness (QED) is 0.905. The monoisotopic (exact) mass is 362 g/mol. The molecule has 0 bridgehead atoms. The molecule has 5 nitrogen and oxygen atoms in total. The molecule has 0 aliphatic carbocycles. The van der Waals surface area contributed by atoms with Crippen molar-refractivity contribution in [1.82, 2.24) is 9.80 Å². The number of aliphatic hydroxyl groups excluding tert-OH is 1. The molecule has 1 aromatic heterocycles. The van der Waals surface area contributed by atoms with Crippen LogP contribution in [0.15, 0.2) is 40.8 Å². The lowest BCUT2D eigenvalue weighted by molar-refractivity contribution is -0.00619. The number of halogens is 1. The van der Waals surface area contributed by atoms with Gasteiger partial charge in [0.1, 0.15) is 11.5 Å². The summed E-state index contributed by atoms with van der Waals surface area (Å²) in [7, 11) is 0. The summed E-state index contributed by atoms with van der Waals surface area (Å²) in [4.78, 5) is 4.60. The van der Waals surface area contributed by atoms with Gasteiger partial charge in [0, 0.05) is 42.8 Å². The topological polar surface area (TPSA) is 49.1 Å². The average Bonchev–Trinajstić information content (AvgIpc) is 3.23. The van der Waals surface area contributed by atoms with Crippen LogP contribution in [0.5, 0.6) is 0 Å². The van der Waals surface area contributed by atoms with E-state index in [9.17, 15) is 5.11 Å². The summed E-state index contributed by atoms with van der Waals surface area (Å²) in [6.07, 6.45) is -0.319. The normalized spacial score (nSPS) is 25.5. The Labute approximate surface area is 152 Å². The van der Waals surface area contributed by atoms with Crippen LogP contribution in [-0.2, 0) is 11.3 Å². The van der Waals surface area contributed by atoms with Gasteiger partial charge in [-0.1, -0.05) is 23.7 Å². The molecule has 2 aliphatic rings. The van der Waals surface area contributed by atoms with Crippen LogP contribution in [0.4, 0.5) is 0 Å². The zero-order valence-electron chi connectivity index (χ0n) is 14.1. The van der Waals surface area contributed by atoms with Crippen molar-refractivity contribution in [2.45, 2.75) is 18.7 Å². The summed E-state index contributed by atoms with van der Waals surface area (Å²) in [6.45, 7) is 5.54. The average molecular weight is 363 g/mol. The minimum Gasteiger partial charge on any atom is -0.460 e. The van der Waals surface area contributed by atoms with Crippen molar-refractivity contribution < 1.29 is 14.3 Å². The molecule has 3 heterocycles. The molecule has 2 aromatic rings. The fraction of sp³-hybridized carbons (Fsp3) is 0.474.